The largest absolute Gasteiger partial charge is 0.311 e. The maximum absolute atomic E-state index is 12.2. The van der Waals surface area contributed by atoms with Crippen molar-refractivity contribution in [2.24, 2.45) is 7.05 Å². The first kappa shape index (κ1) is 10.1. The van der Waals surface area contributed by atoms with E-state index >= 15 is 0 Å². The molecule has 1 aliphatic carbocycles. The maximum Gasteiger partial charge on any atom is 0.255 e. The smallest absolute Gasteiger partial charge is 0.255 e. The lowest BCUT2D eigenvalue weighted by atomic mass is 9.97. The molecule has 0 spiro atoms. The number of rotatable bonds is 1. The van der Waals surface area contributed by atoms with Crippen molar-refractivity contribution in [2.75, 3.05) is 0 Å². The van der Waals surface area contributed by atoms with Gasteiger partial charge in [0, 0.05) is 12.6 Å². The monoisotopic (exact) mass is 224 g/mol. The van der Waals surface area contributed by atoms with Crippen molar-refractivity contribution in [1.82, 2.24) is 4.57 Å². The summed E-state index contributed by atoms with van der Waals surface area (Å²) < 4.78 is 1.64. The molecule has 0 saturated heterocycles. The van der Waals surface area contributed by atoms with E-state index < -0.39 is 5.41 Å². The molecular weight excluding hydrogens is 212 g/mol. The van der Waals surface area contributed by atoms with Gasteiger partial charge in [0.15, 0.2) is 0 Å². The van der Waals surface area contributed by atoms with Crippen molar-refractivity contribution >= 4 is 10.9 Å². The number of hydrogen-bond donors (Lipinski definition) is 0. The minimum atomic E-state index is -0.515. The molecule has 0 radical (unpaired) electrons. The van der Waals surface area contributed by atoms with Crippen LogP contribution in [0.5, 0.6) is 0 Å². The molecule has 1 aliphatic rings. The topological polar surface area (TPSA) is 45.8 Å². The predicted octanol–water partition coefficient (Wildman–Crippen LogP) is 2.09. The Kier molecular flexibility index (Phi) is 1.90. The molecule has 0 amide bonds. The summed E-state index contributed by atoms with van der Waals surface area (Å²) in [6.07, 6.45) is 1.61. The third-order valence-electron chi connectivity index (χ3n) is 3.61. The number of fused-ring (bicyclic) bond motifs is 1. The van der Waals surface area contributed by atoms with E-state index in [1.807, 2.05) is 30.3 Å². The summed E-state index contributed by atoms with van der Waals surface area (Å²) in [7, 11) is 1.77. The van der Waals surface area contributed by atoms with Gasteiger partial charge >= 0.3 is 0 Å². The average molecular weight is 224 g/mol. The van der Waals surface area contributed by atoms with Gasteiger partial charge in [0.25, 0.3) is 5.56 Å². The summed E-state index contributed by atoms with van der Waals surface area (Å²) in [5.41, 5.74) is 1.01. The van der Waals surface area contributed by atoms with Crippen LogP contribution in [0.2, 0.25) is 0 Å². The first-order valence-electron chi connectivity index (χ1n) is 5.68. The van der Waals surface area contributed by atoms with Gasteiger partial charge in [0.05, 0.1) is 17.0 Å². The van der Waals surface area contributed by atoms with Gasteiger partial charge in [0.2, 0.25) is 0 Å². The van der Waals surface area contributed by atoms with Crippen LogP contribution in [0.25, 0.3) is 10.9 Å². The SMILES string of the molecule is Cn1c(=O)c(C2(C#N)CC2)cc2ccccc21. The standard InChI is InChI=1S/C14H12N2O/c1-16-12-5-3-2-4-10(12)8-11(13(16)17)14(9-15)6-7-14/h2-5,8H,6-7H2,1H3. The van der Waals surface area contributed by atoms with E-state index in [9.17, 15) is 10.1 Å². The fourth-order valence-electron chi connectivity index (χ4n) is 2.33. The van der Waals surface area contributed by atoms with Crippen molar-refractivity contribution in [3.8, 4) is 6.07 Å². The number of para-hydroxylation sites is 1. The average Bonchev–Trinajstić information content (AvgIpc) is 3.15. The lowest BCUT2D eigenvalue weighted by molar-refractivity contribution is 0.820. The fraction of sp³-hybridized carbons (Fsp3) is 0.286. The summed E-state index contributed by atoms with van der Waals surface area (Å²) >= 11 is 0. The van der Waals surface area contributed by atoms with Crippen molar-refractivity contribution in [3.05, 3.63) is 46.2 Å². The molecule has 1 heterocycles. The molecule has 0 N–H and O–H groups in total. The first-order valence-corrected chi connectivity index (χ1v) is 5.68. The third kappa shape index (κ3) is 1.31. The van der Waals surface area contributed by atoms with Gasteiger partial charge in [-0.3, -0.25) is 4.79 Å². The molecule has 0 bridgehead atoms. The van der Waals surface area contributed by atoms with Crippen molar-refractivity contribution in [2.45, 2.75) is 18.3 Å². The van der Waals surface area contributed by atoms with Gasteiger partial charge in [-0.1, -0.05) is 18.2 Å². The van der Waals surface area contributed by atoms with Crippen LogP contribution in [0.3, 0.4) is 0 Å². The molecule has 3 nitrogen and oxygen atoms in total. The molecule has 84 valence electrons. The molecular formula is C14H12N2O. The van der Waals surface area contributed by atoms with Crippen LogP contribution in [-0.2, 0) is 12.5 Å². The van der Waals surface area contributed by atoms with E-state index in [4.69, 9.17) is 0 Å². The van der Waals surface area contributed by atoms with Crippen LogP contribution in [-0.4, -0.2) is 4.57 Å². The van der Waals surface area contributed by atoms with Gasteiger partial charge in [-0.25, -0.2) is 0 Å². The van der Waals surface area contributed by atoms with E-state index in [-0.39, 0.29) is 5.56 Å². The summed E-state index contributed by atoms with van der Waals surface area (Å²) in [6.45, 7) is 0. The van der Waals surface area contributed by atoms with Gasteiger partial charge in [-0.15, -0.1) is 0 Å². The second-order valence-electron chi connectivity index (χ2n) is 4.67. The normalized spacial score (nSPS) is 16.7. The molecule has 3 heteroatoms. The molecule has 3 rings (SSSR count). The van der Waals surface area contributed by atoms with Crippen molar-refractivity contribution in [3.63, 3.8) is 0 Å². The summed E-state index contributed by atoms with van der Waals surface area (Å²) in [4.78, 5) is 12.2. The summed E-state index contributed by atoms with van der Waals surface area (Å²) in [5, 5.41) is 10.2. The Morgan fingerprint density at radius 1 is 1.35 bits per heavy atom. The highest BCUT2D eigenvalue weighted by molar-refractivity contribution is 5.80. The second kappa shape index (κ2) is 3.21. The van der Waals surface area contributed by atoms with E-state index in [2.05, 4.69) is 6.07 Å². The number of nitriles is 1. The van der Waals surface area contributed by atoms with E-state index in [0.29, 0.717) is 5.56 Å². The Morgan fingerprint density at radius 2 is 2.06 bits per heavy atom. The lowest BCUT2D eigenvalue weighted by Gasteiger charge is -2.11. The number of benzene rings is 1. The zero-order valence-electron chi connectivity index (χ0n) is 9.60. The van der Waals surface area contributed by atoms with Crippen molar-refractivity contribution < 1.29 is 0 Å². The first-order chi connectivity index (χ1) is 8.18. The van der Waals surface area contributed by atoms with Gasteiger partial charge in [-0.2, -0.15) is 5.26 Å². The van der Waals surface area contributed by atoms with Crippen LogP contribution in [0.4, 0.5) is 0 Å². The zero-order chi connectivity index (χ0) is 12.0. The van der Waals surface area contributed by atoms with Crippen LogP contribution in [0.1, 0.15) is 18.4 Å². The Hall–Kier alpha value is -2.08. The zero-order valence-corrected chi connectivity index (χ0v) is 9.60. The highest BCUT2D eigenvalue weighted by Gasteiger charge is 2.47. The van der Waals surface area contributed by atoms with Crippen LogP contribution >= 0.6 is 0 Å². The number of hydrogen-bond acceptors (Lipinski definition) is 2. The number of pyridine rings is 1. The molecule has 17 heavy (non-hydrogen) atoms. The number of aromatic nitrogens is 1. The predicted molar refractivity (Wildman–Crippen MR) is 65.7 cm³/mol. The number of nitrogens with zero attached hydrogens (tertiary/aromatic N) is 2. The van der Waals surface area contributed by atoms with E-state index in [0.717, 1.165) is 23.7 Å². The maximum atomic E-state index is 12.2. The Morgan fingerprint density at radius 3 is 2.71 bits per heavy atom. The van der Waals surface area contributed by atoms with Crippen LogP contribution < -0.4 is 5.56 Å². The Labute approximate surface area is 98.9 Å². The van der Waals surface area contributed by atoms with Gasteiger partial charge < -0.3 is 4.57 Å². The highest BCUT2D eigenvalue weighted by atomic mass is 16.1. The molecule has 1 aromatic heterocycles. The highest BCUT2D eigenvalue weighted by Crippen LogP contribution is 2.46. The van der Waals surface area contributed by atoms with Gasteiger partial charge in [-0.05, 0) is 30.4 Å². The quantitative estimate of drug-likeness (QED) is 0.744. The van der Waals surface area contributed by atoms with Crippen LogP contribution in [0.15, 0.2) is 35.1 Å². The lowest BCUT2D eigenvalue weighted by Crippen LogP contribution is -2.26. The molecule has 0 unspecified atom stereocenters. The summed E-state index contributed by atoms with van der Waals surface area (Å²) in [6, 6.07) is 11.9. The molecule has 1 saturated carbocycles. The Balaban J connectivity index is 2.39. The third-order valence-corrected chi connectivity index (χ3v) is 3.61. The minimum Gasteiger partial charge on any atom is -0.311 e. The van der Waals surface area contributed by atoms with E-state index in [1.54, 1.807) is 11.6 Å². The number of aryl methyl sites for hydroxylation is 1. The van der Waals surface area contributed by atoms with Gasteiger partial charge in [0.1, 0.15) is 0 Å². The minimum absolute atomic E-state index is 0.0391. The van der Waals surface area contributed by atoms with Crippen molar-refractivity contribution in [1.29, 1.82) is 5.26 Å². The molecule has 2 aromatic rings. The van der Waals surface area contributed by atoms with E-state index in [1.165, 1.54) is 0 Å². The van der Waals surface area contributed by atoms with Crippen LogP contribution in [0, 0.1) is 11.3 Å². The summed E-state index contributed by atoms with van der Waals surface area (Å²) in [5.74, 6) is 0. The second-order valence-corrected chi connectivity index (χ2v) is 4.67. The Bertz CT molecular complexity index is 702. The fourth-order valence-corrected chi connectivity index (χ4v) is 2.33. The molecule has 1 fully saturated rings. The molecule has 1 aromatic carbocycles. The molecule has 0 aliphatic heterocycles. The molecule has 0 atom stereocenters.